The molecule has 0 amide bonds. The number of benzene rings is 1. The zero-order valence-corrected chi connectivity index (χ0v) is 12.2. The van der Waals surface area contributed by atoms with Gasteiger partial charge in [0.15, 0.2) is 5.82 Å². The number of alkyl halides is 1. The molecule has 0 bridgehead atoms. The highest BCUT2D eigenvalue weighted by Gasteiger charge is 2.13. The van der Waals surface area contributed by atoms with Gasteiger partial charge in [-0.3, -0.25) is 0 Å². The lowest BCUT2D eigenvalue weighted by molar-refractivity contribution is 0.418. The van der Waals surface area contributed by atoms with Crippen LogP contribution in [0.3, 0.4) is 0 Å². The first-order valence-electron chi connectivity index (χ1n) is 6.68. The fourth-order valence-electron chi connectivity index (χ4n) is 1.90. The molecule has 0 saturated carbocycles. The van der Waals surface area contributed by atoms with Crippen LogP contribution in [-0.2, 0) is 6.54 Å². The summed E-state index contributed by atoms with van der Waals surface area (Å²) >= 11 is 6.13. The number of aromatic nitrogens is 5. The Balaban J connectivity index is 1.74. The molecule has 0 aliphatic carbocycles. The summed E-state index contributed by atoms with van der Waals surface area (Å²) in [7, 11) is 0. The SMILES string of the molecule is CCC(Cl)c1cn(Cc2noc(-c3ccccc3)n2)nn1. The molecule has 0 aliphatic heterocycles. The molecule has 0 aliphatic rings. The molecule has 0 spiro atoms. The highest BCUT2D eigenvalue weighted by atomic mass is 35.5. The van der Waals surface area contributed by atoms with Crippen molar-refractivity contribution in [1.29, 1.82) is 0 Å². The smallest absolute Gasteiger partial charge is 0.257 e. The lowest BCUT2D eigenvalue weighted by Gasteiger charge is -1.98. The second-order valence-electron chi connectivity index (χ2n) is 4.60. The van der Waals surface area contributed by atoms with Gasteiger partial charge in [0.05, 0.1) is 11.6 Å². The Bertz CT molecular complexity index is 709. The molecular formula is C14H14ClN5O. The van der Waals surface area contributed by atoms with E-state index in [2.05, 4.69) is 20.5 Å². The van der Waals surface area contributed by atoms with E-state index in [1.807, 2.05) is 37.3 Å². The molecule has 2 heterocycles. The fourth-order valence-corrected chi connectivity index (χ4v) is 2.00. The van der Waals surface area contributed by atoms with Gasteiger partial charge in [-0.1, -0.05) is 35.5 Å². The van der Waals surface area contributed by atoms with Crippen molar-refractivity contribution in [3.05, 3.63) is 48.0 Å². The van der Waals surface area contributed by atoms with Crippen molar-refractivity contribution in [2.75, 3.05) is 0 Å². The maximum atomic E-state index is 6.13. The van der Waals surface area contributed by atoms with Crippen LogP contribution >= 0.6 is 11.6 Å². The average molecular weight is 304 g/mol. The van der Waals surface area contributed by atoms with E-state index in [1.165, 1.54) is 0 Å². The van der Waals surface area contributed by atoms with Gasteiger partial charge in [-0.2, -0.15) is 4.98 Å². The standard InChI is InChI=1S/C14H14ClN5O/c1-2-11(15)12-8-20(19-17-12)9-13-16-14(21-18-13)10-6-4-3-5-7-10/h3-8,11H,2,9H2,1H3. The first kappa shape index (κ1) is 13.8. The first-order valence-corrected chi connectivity index (χ1v) is 7.12. The van der Waals surface area contributed by atoms with Crippen molar-refractivity contribution in [3.63, 3.8) is 0 Å². The molecule has 108 valence electrons. The monoisotopic (exact) mass is 303 g/mol. The first-order chi connectivity index (χ1) is 10.3. The molecule has 0 saturated heterocycles. The molecule has 1 aromatic carbocycles. The van der Waals surface area contributed by atoms with E-state index in [9.17, 15) is 0 Å². The number of hydrogen-bond donors (Lipinski definition) is 0. The van der Waals surface area contributed by atoms with E-state index in [0.717, 1.165) is 17.7 Å². The van der Waals surface area contributed by atoms with Crippen molar-refractivity contribution < 1.29 is 4.52 Å². The third-order valence-corrected chi connectivity index (χ3v) is 3.56. The molecular weight excluding hydrogens is 290 g/mol. The van der Waals surface area contributed by atoms with E-state index < -0.39 is 0 Å². The molecule has 6 nitrogen and oxygen atoms in total. The van der Waals surface area contributed by atoms with Gasteiger partial charge in [0.1, 0.15) is 12.2 Å². The van der Waals surface area contributed by atoms with E-state index >= 15 is 0 Å². The fraction of sp³-hybridized carbons (Fsp3) is 0.286. The lowest BCUT2D eigenvalue weighted by Crippen LogP contribution is -2.02. The highest BCUT2D eigenvalue weighted by Crippen LogP contribution is 2.21. The summed E-state index contributed by atoms with van der Waals surface area (Å²) < 4.78 is 6.90. The molecule has 1 unspecified atom stereocenters. The van der Waals surface area contributed by atoms with Crippen molar-refractivity contribution >= 4 is 11.6 Å². The van der Waals surface area contributed by atoms with Gasteiger partial charge in [0, 0.05) is 5.56 Å². The van der Waals surface area contributed by atoms with Gasteiger partial charge >= 0.3 is 0 Å². The van der Waals surface area contributed by atoms with Crippen LogP contribution in [0.4, 0.5) is 0 Å². The van der Waals surface area contributed by atoms with Crippen LogP contribution in [0.2, 0.25) is 0 Å². The maximum absolute atomic E-state index is 6.13. The summed E-state index contributed by atoms with van der Waals surface area (Å²) in [4.78, 5) is 4.35. The summed E-state index contributed by atoms with van der Waals surface area (Å²) in [6.45, 7) is 2.40. The predicted octanol–water partition coefficient (Wildman–Crippen LogP) is 3.07. The molecule has 2 aromatic heterocycles. The van der Waals surface area contributed by atoms with Crippen molar-refractivity contribution in [2.24, 2.45) is 0 Å². The van der Waals surface area contributed by atoms with Crippen LogP contribution in [0.25, 0.3) is 11.5 Å². The molecule has 0 fully saturated rings. The Morgan fingerprint density at radius 3 is 2.86 bits per heavy atom. The van der Waals surface area contributed by atoms with Crippen LogP contribution in [0, 0.1) is 0 Å². The average Bonchev–Trinajstić information content (AvgIpc) is 3.17. The second kappa shape index (κ2) is 6.05. The Kier molecular flexibility index (Phi) is 3.96. The maximum Gasteiger partial charge on any atom is 0.257 e. The minimum Gasteiger partial charge on any atom is -0.334 e. The van der Waals surface area contributed by atoms with Crippen LogP contribution in [0.15, 0.2) is 41.1 Å². The molecule has 0 N–H and O–H groups in total. The Labute approximate surface area is 126 Å². The third kappa shape index (κ3) is 3.11. The highest BCUT2D eigenvalue weighted by molar-refractivity contribution is 6.20. The molecule has 7 heteroatoms. The zero-order chi connectivity index (χ0) is 14.7. The quantitative estimate of drug-likeness (QED) is 0.677. The number of halogens is 1. The number of nitrogens with zero attached hydrogens (tertiary/aromatic N) is 5. The van der Waals surface area contributed by atoms with Gasteiger partial charge in [0.2, 0.25) is 0 Å². The van der Waals surface area contributed by atoms with Crippen molar-refractivity contribution in [3.8, 4) is 11.5 Å². The van der Waals surface area contributed by atoms with Gasteiger partial charge in [0.25, 0.3) is 5.89 Å². The molecule has 1 atom stereocenters. The normalized spacial score (nSPS) is 12.5. The minimum absolute atomic E-state index is 0.121. The molecule has 3 aromatic rings. The van der Waals surface area contributed by atoms with E-state index in [1.54, 1.807) is 10.9 Å². The zero-order valence-electron chi connectivity index (χ0n) is 11.5. The van der Waals surface area contributed by atoms with Gasteiger partial charge in [-0.15, -0.1) is 16.7 Å². The van der Waals surface area contributed by atoms with Crippen LogP contribution < -0.4 is 0 Å². The number of rotatable bonds is 5. The van der Waals surface area contributed by atoms with Crippen LogP contribution in [0.1, 0.15) is 30.2 Å². The topological polar surface area (TPSA) is 69.6 Å². The Morgan fingerprint density at radius 1 is 1.29 bits per heavy atom. The van der Waals surface area contributed by atoms with Crippen LogP contribution in [0.5, 0.6) is 0 Å². The summed E-state index contributed by atoms with van der Waals surface area (Å²) in [5.41, 5.74) is 1.65. The van der Waals surface area contributed by atoms with Crippen molar-refractivity contribution in [1.82, 2.24) is 25.1 Å². The second-order valence-corrected chi connectivity index (χ2v) is 5.13. The Morgan fingerprint density at radius 2 is 2.10 bits per heavy atom. The summed E-state index contributed by atoms with van der Waals surface area (Å²) in [5, 5.41) is 11.9. The van der Waals surface area contributed by atoms with Crippen LogP contribution in [-0.4, -0.2) is 25.1 Å². The van der Waals surface area contributed by atoms with Gasteiger partial charge in [-0.05, 0) is 18.6 Å². The largest absolute Gasteiger partial charge is 0.334 e. The third-order valence-electron chi connectivity index (χ3n) is 3.03. The van der Waals surface area contributed by atoms with E-state index in [4.69, 9.17) is 16.1 Å². The summed E-state index contributed by atoms with van der Waals surface area (Å²) in [6.07, 6.45) is 2.61. The van der Waals surface area contributed by atoms with Gasteiger partial charge in [-0.25, -0.2) is 4.68 Å². The number of hydrogen-bond acceptors (Lipinski definition) is 5. The Hall–Kier alpha value is -2.21. The summed E-state index contributed by atoms with van der Waals surface area (Å²) in [6, 6.07) is 9.63. The predicted molar refractivity (Wildman–Crippen MR) is 77.7 cm³/mol. The van der Waals surface area contributed by atoms with Crippen molar-refractivity contribution in [2.45, 2.75) is 25.3 Å². The minimum atomic E-state index is -0.121. The lowest BCUT2D eigenvalue weighted by atomic mass is 10.2. The summed E-state index contributed by atoms with van der Waals surface area (Å²) in [5.74, 6) is 1.04. The molecule has 21 heavy (non-hydrogen) atoms. The molecule has 3 rings (SSSR count). The van der Waals surface area contributed by atoms with E-state index in [0.29, 0.717) is 18.3 Å². The molecule has 0 radical (unpaired) electrons. The van der Waals surface area contributed by atoms with E-state index in [-0.39, 0.29) is 5.38 Å². The van der Waals surface area contributed by atoms with Gasteiger partial charge < -0.3 is 4.52 Å².